The maximum absolute atomic E-state index is 12.1. The summed E-state index contributed by atoms with van der Waals surface area (Å²) < 4.78 is 0. The smallest absolute Gasteiger partial charge is 0.335 e. The van der Waals surface area contributed by atoms with Crippen molar-refractivity contribution in [3.63, 3.8) is 0 Å². The Morgan fingerprint density at radius 2 is 2.08 bits per heavy atom. The first kappa shape index (κ1) is 18.9. The Balaban J connectivity index is 1.91. The van der Waals surface area contributed by atoms with Crippen molar-refractivity contribution in [1.82, 2.24) is 4.90 Å². The average molecular weight is 343 g/mol. The normalized spacial score (nSPS) is 18.7. The number of aromatic carboxylic acids is 1. The summed E-state index contributed by atoms with van der Waals surface area (Å²) in [4.78, 5) is 24.8. The van der Waals surface area contributed by atoms with E-state index in [1.165, 1.54) is 0 Å². The van der Waals surface area contributed by atoms with E-state index in [-0.39, 0.29) is 17.5 Å². The SMILES string of the molecule is C=CCCC(O)C=CC1CCC(=O)N1CCc1ccc(C(=O)O)cc1. The number of benzene rings is 1. The number of nitrogens with zero attached hydrogens (tertiary/aromatic N) is 1. The van der Waals surface area contributed by atoms with Gasteiger partial charge < -0.3 is 15.1 Å². The summed E-state index contributed by atoms with van der Waals surface area (Å²) in [7, 11) is 0. The van der Waals surface area contributed by atoms with E-state index in [9.17, 15) is 14.7 Å². The highest BCUT2D eigenvalue weighted by Crippen LogP contribution is 2.21. The lowest BCUT2D eigenvalue weighted by atomic mass is 10.1. The third kappa shape index (κ3) is 5.57. The van der Waals surface area contributed by atoms with Gasteiger partial charge in [0.05, 0.1) is 17.7 Å². The highest BCUT2D eigenvalue weighted by Gasteiger charge is 2.28. The number of carboxylic acid groups (broad SMARTS) is 1. The molecule has 1 aromatic rings. The number of allylic oxidation sites excluding steroid dienone is 1. The fourth-order valence-corrected chi connectivity index (χ4v) is 2.95. The minimum atomic E-state index is -0.943. The number of carbonyl (C=O) groups excluding carboxylic acids is 1. The maximum Gasteiger partial charge on any atom is 0.335 e. The fraction of sp³-hybridized carbons (Fsp3) is 0.400. The van der Waals surface area contributed by atoms with E-state index in [4.69, 9.17) is 5.11 Å². The standard InChI is InChI=1S/C20H25NO4/c1-2-3-4-18(22)11-9-17-10-12-19(23)21(17)14-13-15-5-7-16(8-6-15)20(24)25/h2,5-9,11,17-18,22H,1,3-4,10,12-14H2,(H,24,25). The van der Waals surface area contributed by atoms with Gasteiger partial charge in [0.25, 0.3) is 0 Å². The van der Waals surface area contributed by atoms with E-state index in [2.05, 4.69) is 6.58 Å². The molecule has 0 saturated carbocycles. The molecule has 1 aliphatic rings. The topological polar surface area (TPSA) is 77.8 Å². The highest BCUT2D eigenvalue weighted by atomic mass is 16.4. The monoisotopic (exact) mass is 343 g/mol. The van der Waals surface area contributed by atoms with Crippen LogP contribution in [0, 0.1) is 0 Å². The van der Waals surface area contributed by atoms with E-state index < -0.39 is 12.1 Å². The number of carbonyl (C=O) groups is 2. The molecule has 1 saturated heterocycles. The molecule has 1 amide bonds. The van der Waals surface area contributed by atoms with Gasteiger partial charge in [-0.1, -0.05) is 30.4 Å². The molecule has 5 nitrogen and oxygen atoms in total. The quantitative estimate of drug-likeness (QED) is 0.676. The van der Waals surface area contributed by atoms with Gasteiger partial charge in [0.1, 0.15) is 0 Å². The van der Waals surface area contributed by atoms with Crippen LogP contribution in [0.5, 0.6) is 0 Å². The van der Waals surface area contributed by atoms with Crippen molar-refractivity contribution < 1.29 is 19.8 Å². The third-order valence-electron chi connectivity index (χ3n) is 4.44. The number of hydrogen-bond donors (Lipinski definition) is 2. The number of rotatable bonds is 9. The Morgan fingerprint density at radius 1 is 1.36 bits per heavy atom. The highest BCUT2D eigenvalue weighted by molar-refractivity contribution is 5.87. The number of hydrogen-bond acceptors (Lipinski definition) is 3. The molecule has 2 unspecified atom stereocenters. The van der Waals surface area contributed by atoms with Crippen molar-refractivity contribution in [2.75, 3.05) is 6.54 Å². The average Bonchev–Trinajstić information content (AvgIpc) is 2.96. The second-order valence-electron chi connectivity index (χ2n) is 6.26. The molecule has 0 aromatic heterocycles. The second-order valence-corrected chi connectivity index (χ2v) is 6.26. The number of likely N-dealkylation sites (tertiary alicyclic amines) is 1. The Kier molecular flexibility index (Phi) is 6.95. The summed E-state index contributed by atoms with van der Waals surface area (Å²) in [5.41, 5.74) is 1.26. The van der Waals surface area contributed by atoms with Crippen LogP contribution in [-0.2, 0) is 11.2 Å². The van der Waals surface area contributed by atoms with E-state index in [1.807, 2.05) is 11.0 Å². The minimum absolute atomic E-state index is 0.0178. The van der Waals surface area contributed by atoms with Crippen molar-refractivity contribution in [1.29, 1.82) is 0 Å². The number of aliphatic hydroxyl groups is 1. The molecular formula is C20H25NO4. The van der Waals surface area contributed by atoms with E-state index in [0.29, 0.717) is 25.8 Å². The van der Waals surface area contributed by atoms with Crippen LogP contribution in [0.2, 0.25) is 0 Å². The third-order valence-corrected chi connectivity index (χ3v) is 4.44. The molecule has 25 heavy (non-hydrogen) atoms. The molecule has 134 valence electrons. The van der Waals surface area contributed by atoms with Gasteiger partial charge in [0, 0.05) is 13.0 Å². The van der Waals surface area contributed by atoms with Gasteiger partial charge in [0.15, 0.2) is 0 Å². The molecule has 5 heteroatoms. The van der Waals surface area contributed by atoms with Gasteiger partial charge in [-0.3, -0.25) is 4.79 Å². The summed E-state index contributed by atoms with van der Waals surface area (Å²) in [6, 6.07) is 6.75. The zero-order valence-corrected chi connectivity index (χ0v) is 14.3. The van der Waals surface area contributed by atoms with Crippen LogP contribution in [-0.4, -0.2) is 45.7 Å². The molecular weight excluding hydrogens is 318 g/mol. The van der Waals surface area contributed by atoms with Crippen molar-refractivity contribution >= 4 is 11.9 Å². The van der Waals surface area contributed by atoms with E-state index in [0.717, 1.165) is 18.4 Å². The predicted octanol–water partition coefficient (Wildman–Crippen LogP) is 2.80. The van der Waals surface area contributed by atoms with Gasteiger partial charge in [-0.15, -0.1) is 6.58 Å². The molecule has 1 heterocycles. The number of amides is 1. The zero-order valence-electron chi connectivity index (χ0n) is 14.3. The molecule has 2 N–H and O–H groups in total. The maximum atomic E-state index is 12.1. The zero-order chi connectivity index (χ0) is 18.2. The number of carboxylic acids is 1. The number of aliphatic hydroxyl groups excluding tert-OH is 1. The summed E-state index contributed by atoms with van der Waals surface area (Å²) >= 11 is 0. The molecule has 0 spiro atoms. The summed E-state index contributed by atoms with van der Waals surface area (Å²) in [5.74, 6) is -0.820. The molecule has 1 aromatic carbocycles. The van der Waals surface area contributed by atoms with E-state index >= 15 is 0 Å². The van der Waals surface area contributed by atoms with Crippen LogP contribution in [0.25, 0.3) is 0 Å². The Labute approximate surface area is 148 Å². The Hall–Kier alpha value is -2.40. The van der Waals surface area contributed by atoms with Gasteiger partial charge in [0.2, 0.25) is 5.91 Å². The second kappa shape index (κ2) is 9.18. The summed E-state index contributed by atoms with van der Waals surface area (Å²) in [6.45, 7) is 4.23. The van der Waals surface area contributed by atoms with Crippen LogP contribution in [0.15, 0.2) is 49.1 Å². The first-order chi connectivity index (χ1) is 12.0. The first-order valence-corrected chi connectivity index (χ1v) is 8.60. The van der Waals surface area contributed by atoms with Gasteiger partial charge in [-0.25, -0.2) is 4.79 Å². The minimum Gasteiger partial charge on any atom is -0.478 e. The fourth-order valence-electron chi connectivity index (χ4n) is 2.95. The van der Waals surface area contributed by atoms with Crippen LogP contribution < -0.4 is 0 Å². The lowest BCUT2D eigenvalue weighted by Gasteiger charge is -2.22. The molecule has 1 fully saturated rings. The molecule has 2 atom stereocenters. The summed E-state index contributed by atoms with van der Waals surface area (Å²) in [5, 5.41) is 18.8. The summed E-state index contributed by atoms with van der Waals surface area (Å²) in [6.07, 6.45) is 8.30. The first-order valence-electron chi connectivity index (χ1n) is 8.60. The molecule has 0 bridgehead atoms. The predicted molar refractivity (Wildman–Crippen MR) is 96.4 cm³/mol. The molecule has 0 aliphatic carbocycles. The van der Waals surface area contributed by atoms with Crippen LogP contribution in [0.3, 0.4) is 0 Å². The lowest BCUT2D eigenvalue weighted by Crippen LogP contribution is -2.33. The molecule has 1 aliphatic heterocycles. The largest absolute Gasteiger partial charge is 0.478 e. The van der Waals surface area contributed by atoms with Gasteiger partial charge >= 0.3 is 5.97 Å². The van der Waals surface area contributed by atoms with Crippen molar-refractivity contribution in [3.05, 3.63) is 60.2 Å². The van der Waals surface area contributed by atoms with Crippen LogP contribution >= 0.6 is 0 Å². The van der Waals surface area contributed by atoms with Crippen molar-refractivity contribution in [2.24, 2.45) is 0 Å². The molecule has 0 radical (unpaired) electrons. The van der Waals surface area contributed by atoms with Crippen LogP contribution in [0.4, 0.5) is 0 Å². The van der Waals surface area contributed by atoms with Crippen molar-refractivity contribution in [3.8, 4) is 0 Å². The lowest BCUT2D eigenvalue weighted by molar-refractivity contribution is -0.128. The Morgan fingerprint density at radius 3 is 2.72 bits per heavy atom. The van der Waals surface area contributed by atoms with Crippen molar-refractivity contribution in [2.45, 2.75) is 44.2 Å². The Bertz CT molecular complexity index is 636. The molecule has 2 rings (SSSR count). The van der Waals surface area contributed by atoms with Crippen LogP contribution in [0.1, 0.15) is 41.6 Å². The van der Waals surface area contributed by atoms with Gasteiger partial charge in [-0.2, -0.15) is 0 Å². The van der Waals surface area contributed by atoms with E-state index in [1.54, 1.807) is 36.4 Å². The van der Waals surface area contributed by atoms with Gasteiger partial charge in [-0.05, 0) is 43.4 Å².